The number of hydrogen-bond acceptors (Lipinski definition) is 3. The Balaban J connectivity index is 3.03. The third-order valence-electron chi connectivity index (χ3n) is 0.904. The average molecular weight is 144 g/mol. The van der Waals surface area contributed by atoms with Crippen LogP contribution in [-0.2, 0) is 14.3 Å². The molecule has 0 saturated carbocycles. The lowest BCUT2D eigenvalue weighted by Gasteiger charge is -1.98. The van der Waals surface area contributed by atoms with Gasteiger partial charge < -0.3 is 9.47 Å². The Morgan fingerprint density at radius 3 is 2.80 bits per heavy atom. The van der Waals surface area contributed by atoms with Crippen molar-refractivity contribution < 1.29 is 14.3 Å². The number of rotatable bonds is 6. The molecular formula is C7H12O3. The fraction of sp³-hybridized carbons (Fsp3) is 0.571. The summed E-state index contributed by atoms with van der Waals surface area (Å²) in [5.74, 6) is -0.101. The molecule has 0 N–H and O–H groups in total. The molecule has 0 aromatic carbocycles. The predicted molar refractivity (Wildman–Crippen MR) is 37.9 cm³/mol. The maximum Gasteiger partial charge on any atom is 0.180 e. The highest BCUT2D eigenvalue weighted by Crippen LogP contribution is 1.78. The zero-order chi connectivity index (χ0) is 7.82. The molecule has 10 heavy (non-hydrogen) atoms. The van der Waals surface area contributed by atoms with Crippen molar-refractivity contribution in [1.82, 2.24) is 0 Å². The molecule has 0 amide bonds. The maximum absolute atomic E-state index is 10.5. The van der Waals surface area contributed by atoms with Gasteiger partial charge in [-0.2, -0.15) is 0 Å². The molecule has 0 bridgehead atoms. The fourth-order valence-electron chi connectivity index (χ4n) is 0.374. The van der Waals surface area contributed by atoms with Gasteiger partial charge in [-0.25, -0.2) is 0 Å². The van der Waals surface area contributed by atoms with E-state index in [0.29, 0.717) is 13.2 Å². The molecule has 58 valence electrons. The van der Waals surface area contributed by atoms with Crippen molar-refractivity contribution in [2.45, 2.75) is 0 Å². The van der Waals surface area contributed by atoms with Gasteiger partial charge in [0.2, 0.25) is 0 Å². The number of methoxy groups -OCH3 is 1. The summed E-state index contributed by atoms with van der Waals surface area (Å²) in [6.45, 7) is 4.38. The van der Waals surface area contributed by atoms with Crippen LogP contribution in [-0.4, -0.2) is 32.7 Å². The van der Waals surface area contributed by atoms with Gasteiger partial charge in [-0.05, 0) is 6.08 Å². The zero-order valence-corrected chi connectivity index (χ0v) is 6.13. The van der Waals surface area contributed by atoms with Crippen molar-refractivity contribution in [2.75, 3.05) is 26.9 Å². The first-order valence-corrected chi connectivity index (χ1v) is 3.03. The summed E-state index contributed by atoms with van der Waals surface area (Å²) in [6, 6.07) is 0. The predicted octanol–water partition coefficient (Wildman–Crippen LogP) is 0.404. The molecule has 0 saturated heterocycles. The SMILES string of the molecule is C=CC(=O)COCCOC. The Hall–Kier alpha value is -0.670. The van der Waals surface area contributed by atoms with Gasteiger partial charge in [-0.15, -0.1) is 0 Å². The van der Waals surface area contributed by atoms with Crippen molar-refractivity contribution in [3.8, 4) is 0 Å². The van der Waals surface area contributed by atoms with Gasteiger partial charge in [0.25, 0.3) is 0 Å². The van der Waals surface area contributed by atoms with Crippen LogP contribution < -0.4 is 0 Å². The van der Waals surface area contributed by atoms with Crippen LogP contribution in [0.25, 0.3) is 0 Å². The largest absolute Gasteiger partial charge is 0.382 e. The van der Waals surface area contributed by atoms with E-state index < -0.39 is 0 Å². The van der Waals surface area contributed by atoms with E-state index >= 15 is 0 Å². The Labute approximate surface area is 60.6 Å². The first-order chi connectivity index (χ1) is 4.81. The maximum atomic E-state index is 10.5. The average Bonchev–Trinajstić information content (AvgIpc) is 1.98. The van der Waals surface area contributed by atoms with Crippen LogP contribution in [0.15, 0.2) is 12.7 Å². The number of carbonyl (C=O) groups excluding carboxylic acids is 1. The second kappa shape index (κ2) is 6.45. The molecule has 0 aliphatic carbocycles. The molecule has 0 aromatic rings. The molecule has 0 spiro atoms. The van der Waals surface area contributed by atoms with Gasteiger partial charge in [0.15, 0.2) is 5.78 Å². The molecule has 0 aromatic heterocycles. The second-order valence-electron chi connectivity index (χ2n) is 1.72. The lowest BCUT2D eigenvalue weighted by Crippen LogP contribution is -2.09. The quantitative estimate of drug-likeness (QED) is 0.400. The van der Waals surface area contributed by atoms with Gasteiger partial charge in [-0.3, -0.25) is 4.79 Å². The molecule has 0 rings (SSSR count). The summed E-state index contributed by atoms with van der Waals surface area (Å²) >= 11 is 0. The van der Waals surface area contributed by atoms with Crippen LogP contribution in [0.4, 0.5) is 0 Å². The highest BCUT2D eigenvalue weighted by atomic mass is 16.5. The van der Waals surface area contributed by atoms with E-state index in [-0.39, 0.29) is 12.4 Å². The minimum atomic E-state index is -0.101. The van der Waals surface area contributed by atoms with Crippen LogP contribution in [0.3, 0.4) is 0 Å². The van der Waals surface area contributed by atoms with Crippen LogP contribution in [0.1, 0.15) is 0 Å². The monoisotopic (exact) mass is 144 g/mol. The number of ketones is 1. The summed E-state index contributed by atoms with van der Waals surface area (Å²) in [5.41, 5.74) is 0. The lowest BCUT2D eigenvalue weighted by molar-refractivity contribution is -0.119. The van der Waals surface area contributed by atoms with E-state index in [9.17, 15) is 4.79 Å². The number of ether oxygens (including phenoxy) is 2. The minimum Gasteiger partial charge on any atom is -0.382 e. The second-order valence-corrected chi connectivity index (χ2v) is 1.72. The Kier molecular flexibility index (Phi) is 6.02. The van der Waals surface area contributed by atoms with Crippen molar-refractivity contribution in [3.05, 3.63) is 12.7 Å². The smallest absolute Gasteiger partial charge is 0.180 e. The van der Waals surface area contributed by atoms with Gasteiger partial charge in [0.1, 0.15) is 6.61 Å². The summed E-state index contributed by atoms with van der Waals surface area (Å²) < 4.78 is 9.58. The summed E-state index contributed by atoms with van der Waals surface area (Å²) in [7, 11) is 1.58. The van der Waals surface area contributed by atoms with Gasteiger partial charge >= 0.3 is 0 Å². The normalized spacial score (nSPS) is 9.30. The molecule has 0 aliphatic heterocycles. The Morgan fingerprint density at radius 2 is 2.30 bits per heavy atom. The Bertz CT molecular complexity index is 109. The fourth-order valence-corrected chi connectivity index (χ4v) is 0.374. The number of hydrogen-bond donors (Lipinski definition) is 0. The lowest BCUT2D eigenvalue weighted by atomic mass is 10.4. The van der Waals surface area contributed by atoms with E-state index in [0.717, 1.165) is 0 Å². The van der Waals surface area contributed by atoms with Gasteiger partial charge in [0.05, 0.1) is 13.2 Å². The van der Waals surface area contributed by atoms with Gasteiger partial charge in [0, 0.05) is 7.11 Å². The van der Waals surface area contributed by atoms with E-state index in [1.165, 1.54) is 6.08 Å². The van der Waals surface area contributed by atoms with Crippen molar-refractivity contribution in [2.24, 2.45) is 0 Å². The Morgan fingerprint density at radius 1 is 1.60 bits per heavy atom. The molecule has 0 heterocycles. The van der Waals surface area contributed by atoms with E-state index in [2.05, 4.69) is 6.58 Å². The van der Waals surface area contributed by atoms with Crippen molar-refractivity contribution in [3.63, 3.8) is 0 Å². The highest BCUT2D eigenvalue weighted by Gasteiger charge is 1.93. The molecular weight excluding hydrogens is 132 g/mol. The molecule has 3 heteroatoms. The molecule has 0 radical (unpaired) electrons. The molecule has 0 atom stereocenters. The number of carbonyl (C=O) groups is 1. The van der Waals surface area contributed by atoms with Crippen LogP contribution in [0.2, 0.25) is 0 Å². The summed E-state index contributed by atoms with van der Waals surface area (Å²) in [6.07, 6.45) is 1.24. The third-order valence-corrected chi connectivity index (χ3v) is 0.904. The van der Waals surface area contributed by atoms with Crippen LogP contribution >= 0.6 is 0 Å². The molecule has 0 aliphatic rings. The van der Waals surface area contributed by atoms with Crippen LogP contribution in [0, 0.1) is 0 Å². The minimum absolute atomic E-state index is 0.101. The third kappa shape index (κ3) is 5.47. The van der Waals surface area contributed by atoms with Crippen molar-refractivity contribution >= 4 is 5.78 Å². The van der Waals surface area contributed by atoms with Crippen molar-refractivity contribution in [1.29, 1.82) is 0 Å². The van der Waals surface area contributed by atoms with E-state index in [4.69, 9.17) is 9.47 Å². The standard InChI is InChI=1S/C7H12O3/c1-3-7(8)6-10-5-4-9-2/h3H,1,4-6H2,2H3. The topological polar surface area (TPSA) is 35.5 Å². The summed E-state index contributed by atoms with van der Waals surface area (Å²) in [5, 5.41) is 0. The molecule has 0 unspecified atom stereocenters. The molecule has 0 fully saturated rings. The molecule has 3 nitrogen and oxygen atoms in total. The summed E-state index contributed by atoms with van der Waals surface area (Å²) in [4.78, 5) is 10.5. The first kappa shape index (κ1) is 9.33. The zero-order valence-electron chi connectivity index (χ0n) is 6.13. The van der Waals surface area contributed by atoms with Crippen LogP contribution in [0.5, 0.6) is 0 Å². The first-order valence-electron chi connectivity index (χ1n) is 3.03. The van der Waals surface area contributed by atoms with E-state index in [1.54, 1.807) is 7.11 Å². The van der Waals surface area contributed by atoms with E-state index in [1.807, 2.05) is 0 Å². The van der Waals surface area contributed by atoms with Gasteiger partial charge in [-0.1, -0.05) is 6.58 Å². The highest BCUT2D eigenvalue weighted by molar-refractivity contribution is 5.90.